The molecule has 6 rings (SSSR count). The Bertz CT molecular complexity index is 2230. The third kappa shape index (κ3) is 15.0. The van der Waals surface area contributed by atoms with E-state index in [4.69, 9.17) is 10.0 Å². The topological polar surface area (TPSA) is 40.5 Å². The number of hydrogen-bond acceptors (Lipinski definition) is 2. The van der Waals surface area contributed by atoms with Crippen molar-refractivity contribution in [2.24, 2.45) is 0 Å². The van der Waals surface area contributed by atoms with Crippen LogP contribution in [0.2, 0.25) is 0 Å². The minimum absolute atomic E-state index is 0. The molecule has 2 nitrogen and oxygen atoms in total. The zero-order valence-electron chi connectivity index (χ0n) is 28.6. The molecular formula is C39H22BBr2F12IO2Pd. The third-order valence-electron chi connectivity index (χ3n) is 7.16. The van der Waals surface area contributed by atoms with Crippen molar-refractivity contribution < 1.29 is 83.2 Å². The Morgan fingerprint density at radius 2 is 0.793 bits per heavy atom. The second-order valence-electron chi connectivity index (χ2n) is 11.2. The second-order valence-corrected chi connectivity index (χ2v) is 14.3. The molecule has 0 heterocycles. The molecule has 0 atom stereocenters. The molecule has 0 saturated carbocycles. The molecule has 0 aromatic heterocycles. The Morgan fingerprint density at radius 3 is 1.09 bits per heavy atom. The first-order chi connectivity index (χ1) is 26.6. The van der Waals surface area contributed by atoms with Gasteiger partial charge in [-0.15, -0.1) is 0 Å². The zero-order valence-corrected chi connectivity index (χ0v) is 35.4. The van der Waals surface area contributed by atoms with Gasteiger partial charge in [-0.3, -0.25) is 0 Å². The van der Waals surface area contributed by atoms with E-state index in [2.05, 4.69) is 73.2 Å². The van der Waals surface area contributed by atoms with Gasteiger partial charge in [-0.05, 0) is 129 Å². The molecule has 0 unspecified atom stereocenters. The average molecular weight is 1150 g/mol. The van der Waals surface area contributed by atoms with Gasteiger partial charge >= 0.3 is 13.3 Å². The van der Waals surface area contributed by atoms with E-state index < -0.39 is 76.7 Å². The van der Waals surface area contributed by atoms with Gasteiger partial charge in [0.25, 0.3) is 0 Å². The summed E-state index contributed by atoms with van der Waals surface area (Å²) in [6.07, 6.45) is -4.56. The summed E-state index contributed by atoms with van der Waals surface area (Å²) in [4.78, 5) is 0. The number of allylic oxidation sites excluding steroid dienone is 1. The van der Waals surface area contributed by atoms with Crippen LogP contribution >= 0.6 is 54.5 Å². The van der Waals surface area contributed by atoms with Crippen LogP contribution in [0.25, 0.3) is 27.8 Å². The van der Waals surface area contributed by atoms with Crippen molar-refractivity contribution in [1.82, 2.24) is 0 Å². The van der Waals surface area contributed by atoms with Crippen LogP contribution in [0.4, 0.5) is 52.7 Å². The Hall–Kier alpha value is -3.44. The van der Waals surface area contributed by atoms with E-state index in [1.807, 2.05) is 12.1 Å². The molecule has 0 radical (unpaired) electrons. The smallest absolute Gasteiger partial charge is 0.423 e. The van der Waals surface area contributed by atoms with Crippen molar-refractivity contribution in [2.75, 3.05) is 0 Å². The molecule has 58 heavy (non-hydrogen) atoms. The van der Waals surface area contributed by atoms with Gasteiger partial charge in [0.15, 0.2) is 52.4 Å². The van der Waals surface area contributed by atoms with Gasteiger partial charge in [-0.25, -0.2) is 39.5 Å². The van der Waals surface area contributed by atoms with Crippen molar-refractivity contribution in [2.45, 2.75) is 6.18 Å². The van der Waals surface area contributed by atoms with Gasteiger partial charge in [0.05, 0.1) is 5.57 Å². The summed E-state index contributed by atoms with van der Waals surface area (Å²) in [6, 6.07) is 24.3. The van der Waals surface area contributed by atoms with Crippen molar-refractivity contribution in [3.63, 3.8) is 0 Å². The maximum absolute atomic E-state index is 13.1. The minimum atomic E-state index is -4.56. The Morgan fingerprint density at radius 1 is 0.500 bits per heavy atom. The predicted octanol–water partition coefficient (Wildman–Crippen LogP) is 12.7. The van der Waals surface area contributed by atoms with Crippen molar-refractivity contribution in [3.8, 4) is 22.3 Å². The normalized spacial score (nSPS) is 10.4. The molecule has 0 amide bonds. The van der Waals surface area contributed by atoms with E-state index in [1.165, 1.54) is 15.7 Å². The minimum Gasteiger partial charge on any atom is -0.423 e. The molecule has 0 aliphatic carbocycles. The molecule has 0 spiro atoms. The number of alkyl halides is 3. The van der Waals surface area contributed by atoms with Gasteiger partial charge in [0.1, 0.15) is 0 Å². The fourth-order valence-electron chi connectivity index (χ4n) is 4.27. The maximum Gasteiger partial charge on any atom is 0.488 e. The van der Waals surface area contributed by atoms with E-state index in [0.717, 1.165) is 45.3 Å². The molecule has 19 heteroatoms. The maximum atomic E-state index is 13.1. The monoisotopic (exact) mass is 1150 g/mol. The van der Waals surface area contributed by atoms with E-state index in [1.54, 1.807) is 24.3 Å². The van der Waals surface area contributed by atoms with Crippen LogP contribution in [0, 0.1) is 55.9 Å². The van der Waals surface area contributed by atoms with E-state index >= 15 is 0 Å². The largest absolute Gasteiger partial charge is 0.488 e. The van der Waals surface area contributed by atoms with Gasteiger partial charge in [0.2, 0.25) is 0 Å². The average Bonchev–Trinajstić information content (AvgIpc) is 3.16. The molecule has 308 valence electrons. The van der Waals surface area contributed by atoms with Crippen molar-refractivity contribution >= 4 is 72.6 Å². The Balaban J connectivity index is 0.000000279. The first-order valence-electron chi connectivity index (χ1n) is 15.4. The summed E-state index contributed by atoms with van der Waals surface area (Å²) in [5.41, 5.74) is -0.391. The summed E-state index contributed by atoms with van der Waals surface area (Å²) >= 11 is 8.87. The van der Waals surface area contributed by atoms with Crippen LogP contribution in [0.1, 0.15) is 5.56 Å². The summed E-state index contributed by atoms with van der Waals surface area (Å²) in [7, 11) is -2.00. The van der Waals surface area contributed by atoms with Gasteiger partial charge in [-0.2, -0.15) is 13.2 Å². The summed E-state index contributed by atoms with van der Waals surface area (Å²) in [5.74, 6) is -12.7. The molecule has 0 aliphatic rings. The van der Waals surface area contributed by atoms with Crippen LogP contribution in [0.15, 0.2) is 125 Å². The fraction of sp³-hybridized carbons (Fsp3) is 0.0256. The summed E-state index contributed by atoms with van der Waals surface area (Å²) in [6.45, 7) is 2.94. The third-order valence-corrected chi connectivity index (χ3v) is 8.94. The first kappa shape index (κ1) is 50.7. The van der Waals surface area contributed by atoms with E-state index in [0.29, 0.717) is 23.3 Å². The summed E-state index contributed by atoms with van der Waals surface area (Å²) in [5, 5.41) is 16.9. The number of benzene rings is 6. The molecule has 6 aromatic rings. The van der Waals surface area contributed by atoms with Crippen LogP contribution in [0.5, 0.6) is 0 Å². The van der Waals surface area contributed by atoms with E-state index in [-0.39, 0.29) is 37.1 Å². The Labute approximate surface area is 367 Å². The first-order valence-corrected chi connectivity index (χ1v) is 18.1. The van der Waals surface area contributed by atoms with Gasteiger partial charge in [0, 0.05) is 32.9 Å². The molecule has 6 aromatic carbocycles. The second kappa shape index (κ2) is 22.8. The fourth-order valence-corrected chi connectivity index (χ4v) is 5.16. The number of rotatable bonds is 4. The van der Waals surface area contributed by atoms with Crippen LogP contribution in [0.3, 0.4) is 0 Å². The molecular weight excluding hydrogens is 1130 g/mol. The predicted molar refractivity (Wildman–Crippen MR) is 209 cm³/mol. The molecule has 0 bridgehead atoms. The standard InChI is InChI=1S/C15H8F6.C12H6BrF3.C6H4BF3O2.C6H4BrI.Pd/c1-8(15(19,20)21)9-2-4-10(5-3-9)11-6-12(16)14(18)13(17)7-11;13-9-3-1-7(2-4-9)8-5-10(14)12(16)11(15)6-8;8-4-1-3(7(11)12)2-5(9)6(4)10;7-5-1-3-6(8)4-2-5;/h2-7H,1H2;1-6H;1-2,11-12H;1-4H;. The quantitative estimate of drug-likeness (QED) is 0.0799. The molecule has 0 fully saturated rings. The number of hydrogen-bond donors (Lipinski definition) is 2. The zero-order chi connectivity index (χ0) is 42.8. The molecule has 0 aliphatic heterocycles. The van der Waals surface area contributed by atoms with Crippen LogP contribution in [-0.2, 0) is 20.4 Å². The van der Waals surface area contributed by atoms with E-state index in [9.17, 15) is 52.7 Å². The molecule has 0 saturated heterocycles. The summed E-state index contributed by atoms with van der Waals surface area (Å²) < 4.78 is 155. The Kier molecular flexibility index (Phi) is 19.9. The van der Waals surface area contributed by atoms with Crippen LogP contribution < -0.4 is 5.46 Å². The van der Waals surface area contributed by atoms with Crippen molar-refractivity contribution in [1.29, 1.82) is 0 Å². The van der Waals surface area contributed by atoms with Gasteiger partial charge in [-0.1, -0.05) is 74.8 Å². The van der Waals surface area contributed by atoms with Crippen molar-refractivity contribution in [3.05, 3.63) is 186 Å². The molecule has 2 N–H and O–H groups in total. The van der Waals surface area contributed by atoms with Gasteiger partial charge < -0.3 is 10.0 Å². The number of halogens is 15. The van der Waals surface area contributed by atoms with Crippen LogP contribution in [-0.4, -0.2) is 23.3 Å². The SMILES string of the molecule is Brc1ccc(I)cc1.C=C(c1ccc(-c2cc(F)c(F)c(F)c2)cc1)C(F)(F)F.Fc1cc(-c2ccc(Br)cc2)cc(F)c1F.OB(O)c1cc(F)c(F)c(F)c1.[Pd].